The van der Waals surface area contributed by atoms with Gasteiger partial charge in [-0.25, -0.2) is 4.79 Å². The first-order valence-electron chi connectivity index (χ1n) is 7.09. The lowest BCUT2D eigenvalue weighted by Gasteiger charge is -2.32. The Hall–Kier alpha value is -1.30. The smallest absolute Gasteiger partial charge is 0.344 e. The lowest BCUT2D eigenvalue weighted by molar-refractivity contribution is -0.144. The maximum absolute atomic E-state index is 10.9. The fourth-order valence-electron chi connectivity index (χ4n) is 2.42. The molecular weight excluding hydrogens is 292 g/mol. The summed E-state index contributed by atoms with van der Waals surface area (Å²) in [6.45, 7) is 7.21. The SMILES string of the molecule is C[C@H](Oc1ccc(Cl)cc1CN1CCN[C@@H](C)C1)C(=O)O. The van der Waals surface area contributed by atoms with E-state index in [1.54, 1.807) is 12.1 Å². The van der Waals surface area contributed by atoms with Crippen molar-refractivity contribution in [1.29, 1.82) is 0 Å². The average Bonchev–Trinajstić information content (AvgIpc) is 2.41. The van der Waals surface area contributed by atoms with Crippen molar-refractivity contribution in [2.75, 3.05) is 19.6 Å². The van der Waals surface area contributed by atoms with E-state index in [9.17, 15) is 4.79 Å². The Balaban J connectivity index is 2.12. The zero-order valence-electron chi connectivity index (χ0n) is 12.3. The summed E-state index contributed by atoms with van der Waals surface area (Å²) in [6.07, 6.45) is -0.883. The Morgan fingerprint density at radius 1 is 1.62 bits per heavy atom. The fourth-order valence-corrected chi connectivity index (χ4v) is 2.62. The van der Waals surface area contributed by atoms with Gasteiger partial charge in [0.2, 0.25) is 0 Å². The third-order valence-electron chi connectivity index (χ3n) is 3.52. The highest BCUT2D eigenvalue weighted by Gasteiger charge is 2.19. The van der Waals surface area contributed by atoms with E-state index in [4.69, 9.17) is 21.4 Å². The number of carbonyl (C=O) groups is 1. The number of nitrogens with one attached hydrogen (secondary N) is 1. The van der Waals surface area contributed by atoms with Crippen molar-refractivity contribution >= 4 is 17.6 Å². The zero-order valence-corrected chi connectivity index (χ0v) is 13.1. The maximum atomic E-state index is 10.9. The fraction of sp³-hybridized carbons (Fsp3) is 0.533. The monoisotopic (exact) mass is 312 g/mol. The third kappa shape index (κ3) is 4.59. The van der Waals surface area contributed by atoms with Crippen LogP contribution in [0.4, 0.5) is 0 Å². The van der Waals surface area contributed by atoms with Crippen molar-refractivity contribution in [3.05, 3.63) is 28.8 Å². The number of hydrogen-bond donors (Lipinski definition) is 2. The molecule has 2 rings (SSSR count). The largest absolute Gasteiger partial charge is 0.479 e. The highest BCUT2D eigenvalue weighted by molar-refractivity contribution is 6.30. The number of hydrogen-bond acceptors (Lipinski definition) is 4. The van der Waals surface area contributed by atoms with Crippen molar-refractivity contribution in [3.63, 3.8) is 0 Å². The predicted molar refractivity (Wildman–Crippen MR) is 81.9 cm³/mol. The second kappa shape index (κ2) is 7.11. The number of halogens is 1. The second-order valence-electron chi connectivity index (χ2n) is 5.44. The second-order valence-corrected chi connectivity index (χ2v) is 5.88. The van der Waals surface area contributed by atoms with E-state index in [2.05, 4.69) is 17.1 Å². The molecule has 1 aromatic carbocycles. The number of aliphatic carboxylic acids is 1. The van der Waals surface area contributed by atoms with Crippen LogP contribution < -0.4 is 10.1 Å². The molecular formula is C15H21ClN2O3. The van der Waals surface area contributed by atoms with Crippen LogP contribution in [0.1, 0.15) is 19.4 Å². The first-order valence-corrected chi connectivity index (χ1v) is 7.47. The van der Waals surface area contributed by atoms with Crippen LogP contribution >= 0.6 is 11.6 Å². The van der Waals surface area contributed by atoms with Gasteiger partial charge in [0, 0.05) is 42.8 Å². The molecule has 0 unspecified atom stereocenters. The van der Waals surface area contributed by atoms with Crippen molar-refractivity contribution < 1.29 is 14.6 Å². The van der Waals surface area contributed by atoms with Crippen LogP contribution in [0.25, 0.3) is 0 Å². The molecule has 0 bridgehead atoms. The summed E-state index contributed by atoms with van der Waals surface area (Å²) in [5.41, 5.74) is 0.921. The summed E-state index contributed by atoms with van der Waals surface area (Å²) in [7, 11) is 0. The summed E-state index contributed by atoms with van der Waals surface area (Å²) >= 11 is 6.06. The summed E-state index contributed by atoms with van der Waals surface area (Å²) in [5, 5.41) is 13.0. The zero-order chi connectivity index (χ0) is 15.4. The molecule has 0 radical (unpaired) electrons. The van der Waals surface area contributed by atoms with Crippen LogP contribution in [0.5, 0.6) is 5.75 Å². The lowest BCUT2D eigenvalue weighted by Crippen LogP contribution is -2.48. The van der Waals surface area contributed by atoms with Crippen LogP contribution in [0, 0.1) is 0 Å². The Bertz CT molecular complexity index is 510. The van der Waals surface area contributed by atoms with Gasteiger partial charge in [0.1, 0.15) is 5.75 Å². The molecule has 5 nitrogen and oxygen atoms in total. The van der Waals surface area contributed by atoms with E-state index >= 15 is 0 Å². The topological polar surface area (TPSA) is 61.8 Å². The highest BCUT2D eigenvalue weighted by Crippen LogP contribution is 2.25. The molecule has 0 aromatic heterocycles. The number of piperazine rings is 1. The molecule has 1 aliphatic heterocycles. The van der Waals surface area contributed by atoms with Gasteiger partial charge in [-0.2, -0.15) is 0 Å². The predicted octanol–water partition coefficient (Wildman–Crippen LogP) is 1.99. The number of carboxylic acid groups (broad SMARTS) is 1. The highest BCUT2D eigenvalue weighted by atomic mass is 35.5. The first kappa shape index (κ1) is 16.1. The molecule has 2 N–H and O–H groups in total. The van der Waals surface area contributed by atoms with E-state index in [0.29, 0.717) is 23.4 Å². The summed E-state index contributed by atoms with van der Waals surface area (Å²) in [4.78, 5) is 13.3. The van der Waals surface area contributed by atoms with Crippen LogP contribution in [-0.2, 0) is 11.3 Å². The molecule has 1 saturated heterocycles. The Morgan fingerprint density at radius 2 is 2.38 bits per heavy atom. The molecule has 1 aromatic rings. The Labute approximate surface area is 129 Å². The summed E-state index contributed by atoms with van der Waals surface area (Å²) in [6, 6.07) is 5.75. The molecule has 1 heterocycles. The normalized spacial score (nSPS) is 21.0. The van der Waals surface area contributed by atoms with E-state index in [1.165, 1.54) is 6.92 Å². The van der Waals surface area contributed by atoms with Crippen LogP contribution in [0.3, 0.4) is 0 Å². The summed E-state index contributed by atoms with van der Waals surface area (Å²) < 4.78 is 5.53. The number of rotatable bonds is 5. The van der Waals surface area contributed by atoms with Crippen molar-refractivity contribution in [1.82, 2.24) is 10.2 Å². The van der Waals surface area contributed by atoms with E-state index in [0.717, 1.165) is 25.2 Å². The van der Waals surface area contributed by atoms with Gasteiger partial charge in [-0.3, -0.25) is 4.90 Å². The van der Waals surface area contributed by atoms with Gasteiger partial charge in [-0.15, -0.1) is 0 Å². The molecule has 116 valence electrons. The van der Waals surface area contributed by atoms with Crippen LogP contribution in [-0.4, -0.2) is 47.8 Å². The molecule has 1 fully saturated rings. The third-order valence-corrected chi connectivity index (χ3v) is 3.76. The first-order chi connectivity index (χ1) is 9.95. The van der Waals surface area contributed by atoms with Crippen molar-refractivity contribution in [3.8, 4) is 5.75 Å². The lowest BCUT2D eigenvalue weighted by atomic mass is 10.1. The van der Waals surface area contributed by atoms with E-state index in [-0.39, 0.29) is 0 Å². The molecule has 0 amide bonds. The van der Waals surface area contributed by atoms with Crippen molar-refractivity contribution in [2.24, 2.45) is 0 Å². The number of benzene rings is 1. The number of ether oxygens (including phenoxy) is 1. The minimum atomic E-state index is -0.980. The van der Waals surface area contributed by atoms with Gasteiger partial charge >= 0.3 is 5.97 Å². The van der Waals surface area contributed by atoms with Crippen LogP contribution in [0.15, 0.2) is 18.2 Å². The van der Waals surface area contributed by atoms with Gasteiger partial charge in [0.15, 0.2) is 6.10 Å². The van der Waals surface area contributed by atoms with Gasteiger partial charge in [0.05, 0.1) is 0 Å². The molecule has 0 aliphatic carbocycles. The Morgan fingerprint density at radius 3 is 3.05 bits per heavy atom. The number of nitrogens with zero attached hydrogens (tertiary/aromatic N) is 1. The van der Waals surface area contributed by atoms with Crippen molar-refractivity contribution in [2.45, 2.75) is 32.5 Å². The molecule has 1 aliphatic rings. The molecule has 21 heavy (non-hydrogen) atoms. The standard InChI is InChI=1S/C15H21ClN2O3/c1-10-8-18(6-5-17-10)9-12-7-13(16)3-4-14(12)21-11(2)15(19)20/h3-4,7,10-11,17H,5-6,8-9H2,1-2H3,(H,19,20)/t10-,11-/m0/s1. The molecule has 0 saturated carbocycles. The number of carboxylic acids is 1. The minimum absolute atomic E-state index is 0.445. The van der Waals surface area contributed by atoms with E-state index < -0.39 is 12.1 Å². The molecule has 0 spiro atoms. The van der Waals surface area contributed by atoms with E-state index in [1.807, 2.05) is 6.07 Å². The minimum Gasteiger partial charge on any atom is -0.479 e. The molecule has 2 atom stereocenters. The maximum Gasteiger partial charge on any atom is 0.344 e. The van der Waals surface area contributed by atoms with Gasteiger partial charge in [-0.1, -0.05) is 11.6 Å². The average molecular weight is 313 g/mol. The van der Waals surface area contributed by atoms with Gasteiger partial charge < -0.3 is 15.2 Å². The van der Waals surface area contributed by atoms with Crippen LogP contribution in [0.2, 0.25) is 5.02 Å². The Kier molecular flexibility index (Phi) is 5.45. The van der Waals surface area contributed by atoms with Gasteiger partial charge in [-0.05, 0) is 32.0 Å². The van der Waals surface area contributed by atoms with Gasteiger partial charge in [0.25, 0.3) is 0 Å². The molecule has 6 heteroatoms. The quantitative estimate of drug-likeness (QED) is 0.870. The summed E-state index contributed by atoms with van der Waals surface area (Å²) in [5.74, 6) is -0.396.